The molecule has 0 fully saturated rings. The van der Waals surface area contributed by atoms with Crippen LogP contribution in [0.15, 0.2) is 30.3 Å². The molecule has 0 bridgehead atoms. The van der Waals surface area contributed by atoms with Crippen LogP contribution in [0.1, 0.15) is 31.2 Å². The van der Waals surface area contributed by atoms with Crippen molar-refractivity contribution in [3.05, 3.63) is 35.9 Å². The number of carbonyl (C=O) groups excluding carboxylic acids is 3. The molecule has 11 nitrogen and oxygen atoms in total. The first kappa shape index (κ1) is 32.3. The molecule has 206 valence electrons. The first-order chi connectivity index (χ1) is 17.6. The lowest BCUT2D eigenvalue weighted by molar-refractivity contribution is -0.143. The number of rotatable bonds is 18. The zero-order valence-electron chi connectivity index (χ0n) is 21.0. The molecule has 0 saturated heterocycles. The van der Waals surface area contributed by atoms with Crippen LogP contribution in [0.25, 0.3) is 0 Å². The van der Waals surface area contributed by atoms with Gasteiger partial charge in [-0.3, -0.25) is 19.2 Å². The number of carbonyl (C=O) groups is 5. The summed E-state index contributed by atoms with van der Waals surface area (Å²) in [7, 11) is 0. The Balaban J connectivity index is 2.91. The molecule has 0 heterocycles. The molecule has 1 aromatic carbocycles. The van der Waals surface area contributed by atoms with E-state index in [9.17, 15) is 29.1 Å². The van der Waals surface area contributed by atoms with Crippen LogP contribution >= 0.6 is 23.5 Å². The number of carboxylic acid groups (broad SMARTS) is 2. The number of nitrogens with two attached hydrogens (primary N) is 1. The Morgan fingerprint density at radius 1 is 0.784 bits per heavy atom. The highest BCUT2D eigenvalue weighted by atomic mass is 32.2. The van der Waals surface area contributed by atoms with E-state index in [1.54, 1.807) is 0 Å². The first-order valence-electron chi connectivity index (χ1n) is 11.7. The van der Waals surface area contributed by atoms with Crippen molar-refractivity contribution in [3.8, 4) is 0 Å². The minimum atomic E-state index is -1.42. The molecular formula is C24H36N4O7S2. The first-order valence-corrected chi connectivity index (χ1v) is 14.5. The zero-order chi connectivity index (χ0) is 27.8. The number of aliphatic carboxylic acids is 2. The van der Waals surface area contributed by atoms with Gasteiger partial charge in [0.15, 0.2) is 0 Å². The maximum Gasteiger partial charge on any atom is 0.326 e. The maximum absolute atomic E-state index is 13.1. The number of hydrogen-bond donors (Lipinski definition) is 6. The van der Waals surface area contributed by atoms with Crippen molar-refractivity contribution in [1.82, 2.24) is 16.0 Å². The zero-order valence-corrected chi connectivity index (χ0v) is 22.6. The Labute approximate surface area is 225 Å². The molecule has 1 rings (SSSR count). The average Bonchev–Trinajstić information content (AvgIpc) is 2.86. The Hall–Kier alpha value is -2.77. The molecular weight excluding hydrogens is 520 g/mol. The second-order valence-corrected chi connectivity index (χ2v) is 10.3. The minimum absolute atomic E-state index is 0.209. The summed E-state index contributed by atoms with van der Waals surface area (Å²) < 4.78 is 0. The maximum atomic E-state index is 13.1. The molecule has 4 unspecified atom stereocenters. The number of thioether (sulfide) groups is 2. The van der Waals surface area contributed by atoms with Gasteiger partial charge in [0.1, 0.15) is 18.1 Å². The summed E-state index contributed by atoms with van der Waals surface area (Å²) in [6.07, 6.45) is 3.73. The van der Waals surface area contributed by atoms with Crippen LogP contribution in [0, 0.1) is 0 Å². The third kappa shape index (κ3) is 12.8. The largest absolute Gasteiger partial charge is 0.481 e. The van der Waals surface area contributed by atoms with Crippen LogP contribution in [0.5, 0.6) is 0 Å². The molecule has 0 radical (unpaired) electrons. The van der Waals surface area contributed by atoms with Crippen LogP contribution in [-0.4, -0.2) is 88.1 Å². The van der Waals surface area contributed by atoms with Crippen LogP contribution in [0.3, 0.4) is 0 Å². The van der Waals surface area contributed by atoms with Gasteiger partial charge in [0.25, 0.3) is 0 Å². The predicted octanol–water partition coefficient (Wildman–Crippen LogP) is 0.466. The van der Waals surface area contributed by atoms with Gasteiger partial charge in [-0.1, -0.05) is 30.3 Å². The summed E-state index contributed by atoms with van der Waals surface area (Å²) in [6, 6.07) is 4.91. The molecule has 0 aliphatic carbocycles. The predicted molar refractivity (Wildman–Crippen MR) is 144 cm³/mol. The van der Waals surface area contributed by atoms with Crippen molar-refractivity contribution < 1.29 is 34.2 Å². The standard InChI is InChI=1S/C24H36N4O7S2/c1-36-12-10-17(26-21(31)16(25)14-15-6-4-3-5-7-15)22(32)27-18(11-13-37-2)23(33)28-19(24(34)35)8-9-20(29)30/h3-7,16-19H,8-14,25H2,1-2H3,(H,26,31)(H,27,32)(H,28,33)(H,29,30)(H,34,35). The molecule has 1 aromatic rings. The van der Waals surface area contributed by atoms with E-state index in [1.807, 2.05) is 42.8 Å². The quantitative estimate of drug-likeness (QED) is 0.148. The Kier molecular flexibility index (Phi) is 15.4. The molecule has 13 heteroatoms. The highest BCUT2D eigenvalue weighted by Gasteiger charge is 2.30. The summed E-state index contributed by atoms with van der Waals surface area (Å²) in [5, 5.41) is 25.8. The lowest BCUT2D eigenvalue weighted by Gasteiger charge is -2.25. The molecule has 0 aliphatic heterocycles. The van der Waals surface area contributed by atoms with Crippen molar-refractivity contribution in [2.45, 2.75) is 56.3 Å². The lowest BCUT2D eigenvalue weighted by atomic mass is 10.1. The number of hydrogen-bond acceptors (Lipinski definition) is 8. The molecule has 3 amide bonds. The SMILES string of the molecule is CSCCC(NC(=O)C(N)Cc1ccccc1)C(=O)NC(CCSC)C(=O)NC(CCC(=O)O)C(=O)O. The van der Waals surface area contributed by atoms with Crippen LogP contribution in [0.2, 0.25) is 0 Å². The van der Waals surface area contributed by atoms with Crippen molar-refractivity contribution in [3.63, 3.8) is 0 Å². The van der Waals surface area contributed by atoms with Gasteiger partial charge < -0.3 is 31.9 Å². The second-order valence-electron chi connectivity index (χ2n) is 8.31. The van der Waals surface area contributed by atoms with Gasteiger partial charge >= 0.3 is 11.9 Å². The normalized spacial score (nSPS) is 14.0. The average molecular weight is 557 g/mol. The third-order valence-corrected chi connectivity index (χ3v) is 6.67. The Bertz CT molecular complexity index is 904. The van der Waals surface area contributed by atoms with Crippen LogP contribution in [0.4, 0.5) is 0 Å². The Morgan fingerprint density at radius 2 is 1.27 bits per heavy atom. The molecule has 4 atom stereocenters. The van der Waals surface area contributed by atoms with Gasteiger partial charge in [-0.15, -0.1) is 0 Å². The van der Waals surface area contributed by atoms with E-state index in [4.69, 9.17) is 10.8 Å². The third-order valence-electron chi connectivity index (χ3n) is 5.38. The van der Waals surface area contributed by atoms with Crippen molar-refractivity contribution in [1.29, 1.82) is 0 Å². The summed E-state index contributed by atoms with van der Waals surface area (Å²) in [6.45, 7) is 0. The monoisotopic (exact) mass is 556 g/mol. The van der Waals surface area contributed by atoms with Gasteiger partial charge in [-0.25, -0.2) is 4.79 Å². The van der Waals surface area contributed by atoms with Crippen LogP contribution < -0.4 is 21.7 Å². The van der Waals surface area contributed by atoms with Crippen molar-refractivity contribution in [2.24, 2.45) is 5.73 Å². The van der Waals surface area contributed by atoms with E-state index in [0.717, 1.165) is 5.56 Å². The molecule has 37 heavy (non-hydrogen) atoms. The molecule has 0 spiro atoms. The fraction of sp³-hybridized carbons (Fsp3) is 0.542. The molecule has 0 saturated carbocycles. The van der Waals surface area contributed by atoms with Gasteiger partial charge in [-0.2, -0.15) is 23.5 Å². The topological polar surface area (TPSA) is 188 Å². The summed E-state index contributed by atoms with van der Waals surface area (Å²) in [4.78, 5) is 61.0. The van der Waals surface area contributed by atoms with Gasteiger partial charge in [-0.05, 0) is 55.3 Å². The molecule has 7 N–H and O–H groups in total. The van der Waals surface area contributed by atoms with E-state index in [2.05, 4.69) is 16.0 Å². The summed E-state index contributed by atoms with van der Waals surface area (Å²) in [5.41, 5.74) is 6.94. The van der Waals surface area contributed by atoms with E-state index in [-0.39, 0.29) is 19.3 Å². The number of carboxylic acids is 2. The van der Waals surface area contributed by atoms with Gasteiger partial charge in [0.2, 0.25) is 17.7 Å². The smallest absolute Gasteiger partial charge is 0.326 e. The van der Waals surface area contributed by atoms with Crippen molar-refractivity contribution in [2.75, 3.05) is 24.0 Å². The van der Waals surface area contributed by atoms with Gasteiger partial charge in [0, 0.05) is 6.42 Å². The molecule has 0 aliphatic rings. The highest BCUT2D eigenvalue weighted by Crippen LogP contribution is 2.08. The van der Waals surface area contributed by atoms with E-state index >= 15 is 0 Å². The number of nitrogens with one attached hydrogen (secondary N) is 3. The molecule has 0 aromatic heterocycles. The van der Waals surface area contributed by atoms with Gasteiger partial charge in [0.05, 0.1) is 6.04 Å². The second kappa shape index (κ2) is 17.6. The fourth-order valence-corrected chi connectivity index (χ4v) is 4.26. The fourth-order valence-electron chi connectivity index (χ4n) is 3.32. The van der Waals surface area contributed by atoms with E-state index in [0.29, 0.717) is 17.9 Å². The summed E-state index contributed by atoms with van der Waals surface area (Å²) in [5.74, 6) is -3.34. The number of benzene rings is 1. The number of amides is 3. The highest BCUT2D eigenvalue weighted by molar-refractivity contribution is 7.98. The van der Waals surface area contributed by atoms with E-state index < -0.39 is 60.2 Å². The Morgan fingerprint density at radius 3 is 1.73 bits per heavy atom. The van der Waals surface area contributed by atoms with Crippen molar-refractivity contribution >= 4 is 53.2 Å². The lowest BCUT2D eigenvalue weighted by Crippen LogP contribution is -2.57. The van der Waals surface area contributed by atoms with E-state index in [1.165, 1.54) is 23.5 Å². The summed E-state index contributed by atoms with van der Waals surface area (Å²) >= 11 is 2.92. The minimum Gasteiger partial charge on any atom is -0.481 e. The van der Waals surface area contributed by atoms with Crippen LogP contribution in [-0.2, 0) is 30.4 Å².